The number of alkyl halides is 1. The van der Waals surface area contributed by atoms with E-state index in [2.05, 4.69) is 9.97 Å². The second kappa shape index (κ2) is 4.14. The van der Waals surface area contributed by atoms with Gasteiger partial charge in [-0.05, 0) is 6.26 Å². The van der Waals surface area contributed by atoms with E-state index in [0.717, 1.165) is 0 Å². The summed E-state index contributed by atoms with van der Waals surface area (Å²) in [6, 6.07) is 0. The smallest absolute Gasteiger partial charge is 0.187 e. The van der Waals surface area contributed by atoms with Gasteiger partial charge in [0, 0.05) is 0 Å². The van der Waals surface area contributed by atoms with Crippen LogP contribution in [0.4, 0.5) is 0 Å². The van der Waals surface area contributed by atoms with Crippen molar-refractivity contribution in [1.82, 2.24) is 9.97 Å². The molecule has 0 radical (unpaired) electrons. The molecule has 1 aromatic heterocycles. The van der Waals surface area contributed by atoms with Crippen molar-refractivity contribution in [3.8, 4) is 0 Å². The minimum atomic E-state index is 0.328. The molecule has 0 aliphatic carbocycles. The molecule has 2 nitrogen and oxygen atoms in total. The lowest BCUT2D eigenvalue weighted by molar-refractivity contribution is 0.927. The Morgan fingerprint density at radius 3 is 2.91 bits per heavy atom. The zero-order valence-electron chi connectivity index (χ0n) is 5.84. The Kier molecular flexibility index (Phi) is 3.43. The molecule has 60 valence electrons. The van der Waals surface area contributed by atoms with E-state index in [1.807, 2.05) is 6.26 Å². The number of nitrogens with zero attached hydrogens (tertiary/aromatic N) is 2. The maximum Gasteiger partial charge on any atom is 0.187 e. The van der Waals surface area contributed by atoms with E-state index in [9.17, 15) is 0 Å². The van der Waals surface area contributed by atoms with Gasteiger partial charge >= 0.3 is 0 Å². The first-order valence-corrected chi connectivity index (χ1v) is 5.03. The molecule has 0 aromatic carbocycles. The lowest BCUT2D eigenvalue weighted by atomic mass is 10.5. The summed E-state index contributed by atoms with van der Waals surface area (Å²) >= 11 is 12.8. The lowest BCUT2D eigenvalue weighted by Crippen LogP contribution is -1.91. The first-order valence-electron chi connectivity index (χ1n) is 2.89. The van der Waals surface area contributed by atoms with Gasteiger partial charge in [0.1, 0.15) is 0 Å². The number of aromatic nitrogens is 2. The summed E-state index contributed by atoms with van der Waals surface area (Å²) in [4.78, 5) is 8.06. The molecule has 0 atom stereocenters. The third kappa shape index (κ3) is 2.22. The largest absolute Gasteiger partial charge is 0.230 e. The highest BCUT2D eigenvalue weighted by Crippen LogP contribution is 2.17. The van der Waals surface area contributed by atoms with Crippen LogP contribution in [-0.2, 0) is 5.88 Å². The Bertz CT molecular complexity index is 254. The van der Waals surface area contributed by atoms with Crippen molar-refractivity contribution in [2.45, 2.75) is 11.0 Å². The van der Waals surface area contributed by atoms with Crippen molar-refractivity contribution in [1.29, 1.82) is 0 Å². The molecule has 0 amide bonds. The molecular formula is C6H6Cl2N2S. The Balaban J connectivity index is 3.02. The highest BCUT2D eigenvalue weighted by atomic mass is 35.5. The summed E-state index contributed by atoms with van der Waals surface area (Å²) in [7, 11) is 0. The van der Waals surface area contributed by atoms with Gasteiger partial charge in [-0.2, -0.15) is 0 Å². The average Bonchev–Trinajstić information content (AvgIpc) is 2.05. The first kappa shape index (κ1) is 9.10. The molecular weight excluding hydrogens is 203 g/mol. The van der Waals surface area contributed by atoms with E-state index < -0.39 is 0 Å². The average molecular weight is 209 g/mol. The topological polar surface area (TPSA) is 25.8 Å². The van der Waals surface area contributed by atoms with Gasteiger partial charge in [0.15, 0.2) is 5.16 Å². The Labute approximate surface area is 79.3 Å². The minimum Gasteiger partial charge on any atom is -0.230 e. The molecule has 1 aromatic rings. The molecule has 0 saturated heterocycles. The maximum atomic E-state index is 5.73. The van der Waals surface area contributed by atoms with Crippen LogP contribution in [0.5, 0.6) is 0 Å². The van der Waals surface area contributed by atoms with Gasteiger partial charge in [0.2, 0.25) is 0 Å². The number of halogens is 2. The zero-order valence-corrected chi connectivity index (χ0v) is 8.17. The molecule has 0 fully saturated rings. The number of hydrogen-bond acceptors (Lipinski definition) is 3. The van der Waals surface area contributed by atoms with E-state index >= 15 is 0 Å². The summed E-state index contributed by atoms with van der Waals surface area (Å²) in [5.41, 5.74) is 0.688. The van der Waals surface area contributed by atoms with Crippen molar-refractivity contribution in [2.75, 3.05) is 6.26 Å². The van der Waals surface area contributed by atoms with E-state index in [4.69, 9.17) is 23.2 Å². The first-order chi connectivity index (χ1) is 5.27. The van der Waals surface area contributed by atoms with Gasteiger partial charge in [-0.3, -0.25) is 0 Å². The monoisotopic (exact) mass is 208 g/mol. The Hall–Kier alpha value is 0.01000. The van der Waals surface area contributed by atoms with Crippen LogP contribution in [0.25, 0.3) is 0 Å². The molecule has 5 heteroatoms. The van der Waals surface area contributed by atoms with Gasteiger partial charge in [0.25, 0.3) is 0 Å². The standard InChI is InChI=1S/C6H6Cl2N2S/c1-11-6-9-3-4(8)5(2-7)10-6/h3H,2H2,1H3. The van der Waals surface area contributed by atoms with Gasteiger partial charge in [-0.25, -0.2) is 9.97 Å². The molecule has 1 rings (SSSR count). The molecule has 0 spiro atoms. The molecule has 0 unspecified atom stereocenters. The van der Waals surface area contributed by atoms with E-state index in [1.54, 1.807) is 6.20 Å². The SMILES string of the molecule is CSc1ncc(Cl)c(CCl)n1. The third-order valence-corrected chi connectivity index (χ3v) is 2.23. The van der Waals surface area contributed by atoms with E-state index in [0.29, 0.717) is 21.8 Å². The summed E-state index contributed by atoms with van der Waals surface area (Å²) in [6.45, 7) is 0. The quantitative estimate of drug-likeness (QED) is 0.425. The van der Waals surface area contributed by atoms with Crippen molar-refractivity contribution in [3.63, 3.8) is 0 Å². The molecule has 0 aliphatic heterocycles. The van der Waals surface area contributed by atoms with E-state index in [-0.39, 0.29) is 0 Å². The third-order valence-electron chi connectivity index (χ3n) is 1.10. The summed E-state index contributed by atoms with van der Waals surface area (Å²) < 4.78 is 0. The zero-order chi connectivity index (χ0) is 8.27. The second-order valence-electron chi connectivity index (χ2n) is 1.78. The van der Waals surface area contributed by atoms with Crippen LogP contribution in [0.2, 0.25) is 5.02 Å². The number of hydrogen-bond donors (Lipinski definition) is 0. The summed E-state index contributed by atoms with van der Waals surface area (Å²) in [6.07, 6.45) is 3.47. The maximum absolute atomic E-state index is 5.73. The van der Waals surface area contributed by atoms with Crippen LogP contribution in [-0.4, -0.2) is 16.2 Å². The number of thioether (sulfide) groups is 1. The van der Waals surface area contributed by atoms with Crippen molar-refractivity contribution >= 4 is 35.0 Å². The van der Waals surface area contributed by atoms with Crippen LogP contribution in [0.3, 0.4) is 0 Å². The van der Waals surface area contributed by atoms with Crippen LogP contribution in [0, 0.1) is 0 Å². The normalized spacial score (nSPS) is 10.1. The highest BCUT2D eigenvalue weighted by Gasteiger charge is 2.02. The van der Waals surface area contributed by atoms with Crippen molar-refractivity contribution in [2.24, 2.45) is 0 Å². The fourth-order valence-electron chi connectivity index (χ4n) is 0.576. The number of rotatable bonds is 2. The molecule has 0 bridgehead atoms. The predicted molar refractivity (Wildman–Crippen MR) is 48.4 cm³/mol. The van der Waals surface area contributed by atoms with Gasteiger partial charge in [-0.15, -0.1) is 11.6 Å². The Morgan fingerprint density at radius 2 is 2.36 bits per heavy atom. The minimum absolute atomic E-state index is 0.328. The summed E-state index contributed by atoms with van der Waals surface area (Å²) in [5, 5.41) is 1.22. The van der Waals surface area contributed by atoms with Gasteiger partial charge < -0.3 is 0 Å². The highest BCUT2D eigenvalue weighted by molar-refractivity contribution is 7.98. The fourth-order valence-corrected chi connectivity index (χ4v) is 1.37. The van der Waals surface area contributed by atoms with Crippen LogP contribution in [0.1, 0.15) is 5.69 Å². The van der Waals surface area contributed by atoms with E-state index in [1.165, 1.54) is 11.8 Å². The second-order valence-corrected chi connectivity index (χ2v) is 3.23. The van der Waals surface area contributed by atoms with Gasteiger partial charge in [0.05, 0.1) is 22.8 Å². The van der Waals surface area contributed by atoms with Crippen molar-refractivity contribution < 1.29 is 0 Å². The van der Waals surface area contributed by atoms with Crippen LogP contribution < -0.4 is 0 Å². The van der Waals surface area contributed by atoms with Crippen LogP contribution >= 0.6 is 35.0 Å². The molecule has 0 N–H and O–H groups in total. The van der Waals surface area contributed by atoms with Crippen LogP contribution in [0.15, 0.2) is 11.4 Å². The lowest BCUT2D eigenvalue weighted by Gasteiger charge is -1.99. The molecule has 1 heterocycles. The fraction of sp³-hybridized carbons (Fsp3) is 0.333. The van der Waals surface area contributed by atoms with Gasteiger partial charge in [-0.1, -0.05) is 23.4 Å². The molecule has 0 saturated carbocycles. The Morgan fingerprint density at radius 1 is 1.64 bits per heavy atom. The summed E-state index contributed by atoms with van der Waals surface area (Å²) in [5.74, 6) is 0.328. The molecule has 11 heavy (non-hydrogen) atoms. The molecule has 0 aliphatic rings. The predicted octanol–water partition coefficient (Wildman–Crippen LogP) is 2.59. The van der Waals surface area contributed by atoms with Crippen molar-refractivity contribution in [3.05, 3.63) is 16.9 Å².